The summed E-state index contributed by atoms with van der Waals surface area (Å²) in [6.45, 7) is 2.87. The predicted octanol–water partition coefficient (Wildman–Crippen LogP) is 2.57. The van der Waals surface area contributed by atoms with Gasteiger partial charge in [0.1, 0.15) is 17.2 Å². The highest BCUT2D eigenvalue weighted by molar-refractivity contribution is 5.93. The number of nitrogens with one attached hydrogen (secondary N) is 2. The van der Waals surface area contributed by atoms with Crippen LogP contribution in [0.1, 0.15) is 22.7 Å². The maximum atomic E-state index is 12.1. The standard InChI is InChI=1S/C17H18N4O3/c1-12-5-6-16(24-12)14-10-15(21-20-14)17(22)19-8-3-9-23-13-4-2-7-18-11-13/h2,4-7,10-11H,3,8-9H2,1H3,(H,19,22)(H,20,21). The van der Waals surface area contributed by atoms with E-state index in [9.17, 15) is 4.79 Å². The Balaban J connectivity index is 1.43. The molecule has 2 N–H and O–H groups in total. The zero-order valence-electron chi connectivity index (χ0n) is 13.3. The van der Waals surface area contributed by atoms with Crippen LogP contribution in [0, 0.1) is 6.92 Å². The molecular weight excluding hydrogens is 308 g/mol. The Hall–Kier alpha value is -3.09. The summed E-state index contributed by atoms with van der Waals surface area (Å²) >= 11 is 0. The summed E-state index contributed by atoms with van der Waals surface area (Å²) in [6.07, 6.45) is 4.03. The second-order valence-corrected chi connectivity index (χ2v) is 5.22. The zero-order chi connectivity index (χ0) is 16.8. The van der Waals surface area contributed by atoms with Crippen molar-refractivity contribution in [2.24, 2.45) is 0 Å². The lowest BCUT2D eigenvalue weighted by molar-refractivity contribution is 0.0946. The topological polar surface area (TPSA) is 93.0 Å². The minimum Gasteiger partial charge on any atom is -0.492 e. The van der Waals surface area contributed by atoms with E-state index >= 15 is 0 Å². The Morgan fingerprint density at radius 3 is 3.04 bits per heavy atom. The summed E-state index contributed by atoms with van der Waals surface area (Å²) in [4.78, 5) is 16.0. The lowest BCUT2D eigenvalue weighted by Gasteiger charge is -2.05. The molecule has 3 aromatic rings. The molecule has 0 aliphatic rings. The first-order valence-corrected chi connectivity index (χ1v) is 7.65. The highest BCUT2D eigenvalue weighted by Crippen LogP contribution is 2.20. The average Bonchev–Trinajstić information content (AvgIpc) is 3.24. The molecule has 0 radical (unpaired) electrons. The molecule has 0 aliphatic carbocycles. The van der Waals surface area contributed by atoms with Crippen molar-refractivity contribution in [1.82, 2.24) is 20.5 Å². The molecule has 3 rings (SSSR count). The van der Waals surface area contributed by atoms with Crippen LogP contribution in [0.3, 0.4) is 0 Å². The summed E-state index contributed by atoms with van der Waals surface area (Å²) < 4.78 is 11.0. The van der Waals surface area contributed by atoms with Crippen molar-refractivity contribution in [3.63, 3.8) is 0 Å². The Morgan fingerprint density at radius 1 is 1.38 bits per heavy atom. The number of ether oxygens (including phenoxy) is 1. The molecule has 24 heavy (non-hydrogen) atoms. The number of aryl methyl sites for hydroxylation is 1. The van der Waals surface area contributed by atoms with Gasteiger partial charge in [-0.05, 0) is 37.6 Å². The van der Waals surface area contributed by atoms with Crippen molar-refractivity contribution >= 4 is 5.91 Å². The summed E-state index contributed by atoms with van der Waals surface area (Å²) in [5.74, 6) is 1.94. The van der Waals surface area contributed by atoms with Gasteiger partial charge in [0.25, 0.3) is 5.91 Å². The third kappa shape index (κ3) is 4.01. The number of nitrogens with zero attached hydrogens (tertiary/aromatic N) is 2. The van der Waals surface area contributed by atoms with Crippen LogP contribution in [0.25, 0.3) is 11.5 Å². The Morgan fingerprint density at radius 2 is 2.29 bits per heavy atom. The molecule has 3 aromatic heterocycles. The number of hydrogen-bond acceptors (Lipinski definition) is 5. The van der Waals surface area contributed by atoms with Crippen LogP contribution in [0.15, 0.2) is 47.1 Å². The highest BCUT2D eigenvalue weighted by Gasteiger charge is 2.12. The van der Waals surface area contributed by atoms with Gasteiger partial charge in [-0.3, -0.25) is 14.9 Å². The third-order valence-corrected chi connectivity index (χ3v) is 3.33. The summed E-state index contributed by atoms with van der Waals surface area (Å²) in [5.41, 5.74) is 1.00. The lowest BCUT2D eigenvalue weighted by Crippen LogP contribution is -2.25. The fourth-order valence-electron chi connectivity index (χ4n) is 2.13. The number of rotatable bonds is 7. The fourth-order valence-corrected chi connectivity index (χ4v) is 2.13. The molecule has 7 nitrogen and oxygen atoms in total. The number of aromatic amines is 1. The van der Waals surface area contributed by atoms with E-state index in [0.717, 1.165) is 11.5 Å². The van der Waals surface area contributed by atoms with Crippen LogP contribution in [-0.4, -0.2) is 34.2 Å². The first kappa shape index (κ1) is 15.8. The SMILES string of the molecule is Cc1ccc(-c2cc(C(=O)NCCCOc3cccnc3)n[nH]2)o1. The maximum absolute atomic E-state index is 12.1. The highest BCUT2D eigenvalue weighted by atomic mass is 16.5. The first-order valence-electron chi connectivity index (χ1n) is 7.65. The van der Waals surface area contributed by atoms with Crippen LogP contribution < -0.4 is 10.1 Å². The Kier molecular flexibility index (Phi) is 4.90. The molecular formula is C17H18N4O3. The molecule has 0 saturated heterocycles. The third-order valence-electron chi connectivity index (χ3n) is 3.33. The number of pyridine rings is 1. The van der Waals surface area contributed by atoms with Gasteiger partial charge >= 0.3 is 0 Å². The molecule has 124 valence electrons. The van der Waals surface area contributed by atoms with Crippen LogP contribution in [0.4, 0.5) is 0 Å². The molecule has 0 aromatic carbocycles. The molecule has 0 aliphatic heterocycles. The van der Waals surface area contributed by atoms with E-state index in [0.29, 0.717) is 36.7 Å². The van der Waals surface area contributed by atoms with Gasteiger partial charge < -0.3 is 14.5 Å². The van der Waals surface area contributed by atoms with Gasteiger partial charge in [-0.25, -0.2) is 0 Å². The van der Waals surface area contributed by atoms with Gasteiger partial charge in [0.05, 0.1) is 12.8 Å². The molecule has 1 amide bonds. The molecule has 0 unspecified atom stereocenters. The monoisotopic (exact) mass is 326 g/mol. The number of H-pyrrole nitrogens is 1. The van der Waals surface area contributed by atoms with Crippen molar-refractivity contribution < 1.29 is 13.9 Å². The summed E-state index contributed by atoms with van der Waals surface area (Å²) in [5, 5.41) is 9.62. The maximum Gasteiger partial charge on any atom is 0.271 e. The van der Waals surface area contributed by atoms with Crippen molar-refractivity contribution in [2.45, 2.75) is 13.3 Å². The van der Waals surface area contributed by atoms with Crippen LogP contribution >= 0.6 is 0 Å². The summed E-state index contributed by atoms with van der Waals surface area (Å²) in [6, 6.07) is 9.01. The second-order valence-electron chi connectivity index (χ2n) is 5.22. The van der Waals surface area contributed by atoms with Crippen LogP contribution in [0.5, 0.6) is 5.75 Å². The molecule has 7 heteroatoms. The van der Waals surface area contributed by atoms with Crippen LogP contribution in [0.2, 0.25) is 0 Å². The quantitative estimate of drug-likeness (QED) is 0.651. The minimum atomic E-state index is -0.234. The van der Waals surface area contributed by atoms with Gasteiger partial charge in [0.15, 0.2) is 11.5 Å². The van der Waals surface area contributed by atoms with E-state index in [4.69, 9.17) is 9.15 Å². The van der Waals surface area contributed by atoms with Gasteiger partial charge in [-0.1, -0.05) is 0 Å². The molecule has 3 heterocycles. The van der Waals surface area contributed by atoms with Gasteiger partial charge in [0.2, 0.25) is 0 Å². The molecule has 0 saturated carbocycles. The van der Waals surface area contributed by atoms with Gasteiger partial charge in [-0.2, -0.15) is 5.10 Å². The summed E-state index contributed by atoms with van der Waals surface area (Å²) in [7, 11) is 0. The normalized spacial score (nSPS) is 10.5. The number of furan rings is 1. The number of aromatic nitrogens is 3. The Bertz CT molecular complexity index is 795. The van der Waals surface area contributed by atoms with E-state index in [1.54, 1.807) is 18.5 Å². The number of amides is 1. The minimum absolute atomic E-state index is 0.234. The fraction of sp³-hybridized carbons (Fsp3) is 0.235. The van der Waals surface area contributed by atoms with E-state index in [1.165, 1.54) is 0 Å². The van der Waals surface area contributed by atoms with Crippen molar-refractivity contribution in [3.8, 4) is 17.2 Å². The molecule has 0 atom stereocenters. The van der Waals surface area contributed by atoms with E-state index in [-0.39, 0.29) is 5.91 Å². The number of carbonyl (C=O) groups excluding carboxylic acids is 1. The predicted molar refractivity (Wildman–Crippen MR) is 87.7 cm³/mol. The average molecular weight is 326 g/mol. The van der Waals surface area contributed by atoms with Gasteiger partial charge in [-0.15, -0.1) is 0 Å². The molecule has 0 spiro atoms. The zero-order valence-corrected chi connectivity index (χ0v) is 13.3. The van der Waals surface area contributed by atoms with Crippen molar-refractivity contribution in [2.75, 3.05) is 13.2 Å². The number of carbonyl (C=O) groups is 1. The largest absolute Gasteiger partial charge is 0.492 e. The van der Waals surface area contributed by atoms with Gasteiger partial charge in [0, 0.05) is 18.8 Å². The van der Waals surface area contributed by atoms with Crippen molar-refractivity contribution in [3.05, 3.63) is 54.2 Å². The van der Waals surface area contributed by atoms with E-state index < -0.39 is 0 Å². The van der Waals surface area contributed by atoms with E-state index in [2.05, 4.69) is 20.5 Å². The van der Waals surface area contributed by atoms with E-state index in [1.807, 2.05) is 31.2 Å². The molecule has 0 bridgehead atoms. The first-order chi connectivity index (χ1) is 11.7. The van der Waals surface area contributed by atoms with Crippen LogP contribution in [-0.2, 0) is 0 Å². The molecule has 0 fully saturated rings. The Labute approximate surface area is 139 Å². The van der Waals surface area contributed by atoms with Crippen molar-refractivity contribution in [1.29, 1.82) is 0 Å². The second kappa shape index (κ2) is 7.45. The lowest BCUT2D eigenvalue weighted by atomic mass is 10.3. The smallest absolute Gasteiger partial charge is 0.271 e. The number of hydrogen-bond donors (Lipinski definition) is 2.